The third kappa shape index (κ3) is 2.55. The summed E-state index contributed by atoms with van der Waals surface area (Å²) >= 11 is 4.79. The molecule has 100 valence electrons. The van der Waals surface area contributed by atoms with Gasteiger partial charge in [0.2, 0.25) is 0 Å². The highest BCUT2D eigenvalue weighted by atomic mass is 79.9. The van der Waals surface area contributed by atoms with E-state index in [1.165, 1.54) is 11.3 Å². The summed E-state index contributed by atoms with van der Waals surface area (Å²) in [4.78, 5) is 13.6. The first-order valence-corrected chi connectivity index (χ1v) is 7.41. The van der Waals surface area contributed by atoms with Crippen LogP contribution in [0.15, 0.2) is 4.47 Å². The summed E-state index contributed by atoms with van der Waals surface area (Å²) in [5, 5.41) is 12.7. The predicted molar refractivity (Wildman–Crippen MR) is 74.4 cm³/mol. The van der Waals surface area contributed by atoms with Crippen molar-refractivity contribution in [3.8, 4) is 5.75 Å². The summed E-state index contributed by atoms with van der Waals surface area (Å²) in [5.74, 6) is 0.376. The van der Waals surface area contributed by atoms with E-state index in [1.807, 2.05) is 6.92 Å². The van der Waals surface area contributed by atoms with Crippen molar-refractivity contribution < 1.29 is 14.6 Å². The fourth-order valence-corrected chi connectivity index (χ4v) is 3.59. The lowest BCUT2D eigenvalue weighted by Crippen LogP contribution is -2.47. The molecule has 1 aromatic rings. The van der Waals surface area contributed by atoms with Crippen molar-refractivity contribution in [1.29, 1.82) is 0 Å². The highest BCUT2D eigenvalue weighted by molar-refractivity contribution is 9.10. The van der Waals surface area contributed by atoms with Crippen molar-refractivity contribution >= 4 is 33.2 Å². The van der Waals surface area contributed by atoms with Gasteiger partial charge in [0.05, 0.1) is 17.2 Å². The molecular weight excluding hydrogens is 318 g/mol. The second-order valence-electron chi connectivity index (χ2n) is 4.60. The van der Waals surface area contributed by atoms with Gasteiger partial charge in [-0.15, -0.1) is 11.3 Å². The van der Waals surface area contributed by atoms with E-state index in [2.05, 4.69) is 21.2 Å². The van der Waals surface area contributed by atoms with Gasteiger partial charge in [0.25, 0.3) is 5.91 Å². The van der Waals surface area contributed by atoms with Crippen LogP contribution < -0.4 is 10.1 Å². The predicted octanol–water partition coefficient (Wildman–Crippen LogP) is 2.47. The van der Waals surface area contributed by atoms with Gasteiger partial charge in [-0.2, -0.15) is 0 Å². The molecule has 1 aromatic heterocycles. The van der Waals surface area contributed by atoms with Crippen molar-refractivity contribution in [2.45, 2.75) is 31.8 Å². The summed E-state index contributed by atoms with van der Waals surface area (Å²) in [6.07, 6.45) is 2.55. The molecule has 1 saturated carbocycles. The molecule has 1 aliphatic rings. The van der Waals surface area contributed by atoms with Gasteiger partial charge in [-0.3, -0.25) is 4.79 Å². The number of methoxy groups -OCH3 is 1. The number of thiophene rings is 1. The fraction of sp³-hybridized carbons (Fsp3) is 0.583. The lowest BCUT2D eigenvalue weighted by atomic mass is 9.80. The summed E-state index contributed by atoms with van der Waals surface area (Å²) in [7, 11) is 1.54. The molecule has 0 unspecified atom stereocenters. The van der Waals surface area contributed by atoms with E-state index in [-0.39, 0.29) is 5.91 Å². The standard InChI is InChI=1S/C12H16BrNO3S/c1-7-8(13)9(17-2)10(18-7)11(15)14-6-12(16)4-3-5-12/h16H,3-6H2,1-2H3,(H,14,15). The van der Waals surface area contributed by atoms with Crippen LogP contribution >= 0.6 is 27.3 Å². The van der Waals surface area contributed by atoms with Crippen LogP contribution in [0.25, 0.3) is 0 Å². The quantitative estimate of drug-likeness (QED) is 0.889. The number of carbonyl (C=O) groups is 1. The number of aryl methyl sites for hydroxylation is 1. The fourth-order valence-electron chi connectivity index (χ4n) is 1.92. The van der Waals surface area contributed by atoms with Gasteiger partial charge in [0.1, 0.15) is 4.88 Å². The lowest BCUT2D eigenvalue weighted by Gasteiger charge is -2.36. The molecule has 2 rings (SSSR count). The number of amides is 1. The third-order valence-corrected chi connectivity index (χ3v) is 5.55. The normalized spacial score (nSPS) is 17.1. The van der Waals surface area contributed by atoms with Crippen LogP contribution in [0.1, 0.15) is 33.8 Å². The Morgan fingerprint density at radius 3 is 2.78 bits per heavy atom. The minimum Gasteiger partial charge on any atom is -0.494 e. The summed E-state index contributed by atoms with van der Waals surface area (Å²) < 4.78 is 6.05. The Bertz CT molecular complexity index is 468. The molecule has 1 amide bonds. The maximum Gasteiger partial charge on any atom is 0.265 e. The van der Waals surface area contributed by atoms with E-state index in [4.69, 9.17) is 4.74 Å². The smallest absolute Gasteiger partial charge is 0.265 e. The molecule has 6 heteroatoms. The number of halogens is 1. The second kappa shape index (κ2) is 5.19. The Labute approximate surface area is 118 Å². The molecular formula is C12H16BrNO3S. The summed E-state index contributed by atoms with van der Waals surface area (Å²) in [5.41, 5.74) is -0.702. The largest absolute Gasteiger partial charge is 0.494 e. The van der Waals surface area contributed by atoms with Gasteiger partial charge < -0.3 is 15.2 Å². The van der Waals surface area contributed by atoms with E-state index >= 15 is 0 Å². The zero-order valence-electron chi connectivity index (χ0n) is 10.4. The van der Waals surface area contributed by atoms with Gasteiger partial charge in [-0.25, -0.2) is 0 Å². The monoisotopic (exact) mass is 333 g/mol. The average Bonchev–Trinajstić information content (AvgIpc) is 2.60. The van der Waals surface area contributed by atoms with Crippen LogP contribution in [0.3, 0.4) is 0 Å². The molecule has 0 spiro atoms. The van der Waals surface area contributed by atoms with Crippen molar-refractivity contribution in [1.82, 2.24) is 5.32 Å². The van der Waals surface area contributed by atoms with Crippen LogP contribution in [-0.2, 0) is 0 Å². The van der Waals surface area contributed by atoms with Gasteiger partial charge in [0.15, 0.2) is 5.75 Å². The molecule has 0 saturated heterocycles. The van der Waals surface area contributed by atoms with E-state index in [1.54, 1.807) is 7.11 Å². The Morgan fingerprint density at radius 2 is 2.28 bits per heavy atom. The van der Waals surface area contributed by atoms with Crippen LogP contribution in [0.5, 0.6) is 5.75 Å². The SMILES string of the molecule is COc1c(C(=O)NCC2(O)CCC2)sc(C)c1Br. The van der Waals surface area contributed by atoms with Gasteiger partial charge in [0, 0.05) is 11.4 Å². The van der Waals surface area contributed by atoms with Crippen molar-refractivity contribution in [3.63, 3.8) is 0 Å². The average molecular weight is 334 g/mol. The molecule has 1 aliphatic carbocycles. The number of aliphatic hydroxyl groups is 1. The lowest BCUT2D eigenvalue weighted by molar-refractivity contribution is -0.0300. The number of hydrogen-bond acceptors (Lipinski definition) is 4. The molecule has 18 heavy (non-hydrogen) atoms. The van der Waals surface area contributed by atoms with Crippen molar-refractivity contribution in [3.05, 3.63) is 14.2 Å². The Hall–Kier alpha value is -0.590. The Morgan fingerprint density at radius 1 is 1.61 bits per heavy atom. The minimum atomic E-state index is -0.702. The minimum absolute atomic E-state index is 0.189. The first kappa shape index (κ1) is 13.8. The molecule has 4 nitrogen and oxygen atoms in total. The highest BCUT2D eigenvalue weighted by Crippen LogP contribution is 2.39. The molecule has 1 heterocycles. The molecule has 0 aliphatic heterocycles. The Kier molecular flexibility index (Phi) is 3.99. The van der Waals surface area contributed by atoms with Crippen LogP contribution in [0, 0.1) is 6.92 Å². The first-order chi connectivity index (χ1) is 8.47. The molecule has 2 N–H and O–H groups in total. The Balaban J connectivity index is 2.06. The molecule has 0 atom stereocenters. The van der Waals surface area contributed by atoms with Crippen LogP contribution in [0.2, 0.25) is 0 Å². The number of carbonyl (C=O) groups excluding carboxylic acids is 1. The topological polar surface area (TPSA) is 58.6 Å². The van der Waals surface area contributed by atoms with Crippen LogP contribution in [-0.4, -0.2) is 30.3 Å². The van der Waals surface area contributed by atoms with E-state index < -0.39 is 5.60 Å². The molecule has 0 aromatic carbocycles. The van der Waals surface area contributed by atoms with Gasteiger partial charge in [-0.05, 0) is 42.1 Å². The molecule has 0 bridgehead atoms. The van der Waals surface area contributed by atoms with E-state index in [9.17, 15) is 9.90 Å². The van der Waals surface area contributed by atoms with Gasteiger partial charge >= 0.3 is 0 Å². The van der Waals surface area contributed by atoms with E-state index in [0.717, 1.165) is 28.6 Å². The summed E-state index contributed by atoms with van der Waals surface area (Å²) in [6.45, 7) is 2.23. The zero-order valence-corrected chi connectivity index (χ0v) is 12.8. The molecule has 1 fully saturated rings. The second-order valence-corrected chi connectivity index (χ2v) is 6.61. The number of hydrogen-bond donors (Lipinski definition) is 2. The third-order valence-electron chi connectivity index (χ3n) is 3.24. The maximum atomic E-state index is 12.1. The van der Waals surface area contributed by atoms with Gasteiger partial charge in [-0.1, -0.05) is 0 Å². The van der Waals surface area contributed by atoms with Crippen molar-refractivity contribution in [2.24, 2.45) is 0 Å². The zero-order chi connectivity index (χ0) is 13.3. The number of ether oxygens (including phenoxy) is 1. The number of rotatable bonds is 4. The molecule has 0 radical (unpaired) electrons. The summed E-state index contributed by atoms with van der Waals surface area (Å²) in [6, 6.07) is 0. The highest BCUT2D eigenvalue weighted by Gasteiger charge is 2.35. The first-order valence-electron chi connectivity index (χ1n) is 5.80. The maximum absolute atomic E-state index is 12.1. The number of nitrogens with one attached hydrogen (secondary N) is 1. The van der Waals surface area contributed by atoms with Crippen LogP contribution in [0.4, 0.5) is 0 Å². The van der Waals surface area contributed by atoms with Crippen molar-refractivity contribution in [2.75, 3.05) is 13.7 Å². The van der Waals surface area contributed by atoms with E-state index in [0.29, 0.717) is 17.2 Å².